The van der Waals surface area contributed by atoms with Crippen molar-refractivity contribution in [1.29, 1.82) is 0 Å². The third-order valence-electron chi connectivity index (χ3n) is 4.68. The molecule has 3 rings (SSSR count). The number of amides is 2. The van der Waals surface area contributed by atoms with Gasteiger partial charge < -0.3 is 10.2 Å². The molecule has 2 aromatic carbocycles. The Morgan fingerprint density at radius 3 is 2.31 bits per heavy atom. The lowest BCUT2D eigenvalue weighted by Gasteiger charge is -2.24. The molecule has 1 aliphatic carbocycles. The Kier molecular flexibility index (Phi) is 5.26. The van der Waals surface area contributed by atoms with E-state index < -0.39 is 5.41 Å². The number of aryl methyl sites for hydroxylation is 1. The minimum atomic E-state index is -0.497. The van der Waals surface area contributed by atoms with Crippen molar-refractivity contribution in [1.82, 2.24) is 4.90 Å². The molecule has 0 aliphatic heterocycles. The zero-order valence-corrected chi connectivity index (χ0v) is 16.2. The molecular formula is C20H20Cl2N2O2. The van der Waals surface area contributed by atoms with E-state index in [2.05, 4.69) is 5.32 Å². The topological polar surface area (TPSA) is 49.4 Å². The van der Waals surface area contributed by atoms with E-state index in [0.29, 0.717) is 15.7 Å². The van der Waals surface area contributed by atoms with E-state index >= 15 is 0 Å². The van der Waals surface area contributed by atoms with E-state index in [-0.39, 0.29) is 18.4 Å². The normalized spacial score (nSPS) is 14.6. The molecular weight excluding hydrogens is 371 g/mol. The molecule has 136 valence electrons. The number of hydrogen-bond donors (Lipinski definition) is 1. The van der Waals surface area contributed by atoms with Gasteiger partial charge in [-0.05, 0) is 37.5 Å². The third kappa shape index (κ3) is 3.71. The molecule has 1 aliphatic rings. The maximum Gasteiger partial charge on any atom is 0.244 e. The lowest BCUT2D eigenvalue weighted by Crippen LogP contribution is -2.41. The Balaban J connectivity index is 1.69. The second kappa shape index (κ2) is 7.29. The molecule has 2 aromatic rings. The maximum atomic E-state index is 13.0. The minimum absolute atomic E-state index is 0.0384. The molecule has 0 radical (unpaired) electrons. The van der Waals surface area contributed by atoms with Crippen molar-refractivity contribution in [3.8, 4) is 0 Å². The number of benzene rings is 2. The first-order valence-corrected chi connectivity index (χ1v) is 9.16. The van der Waals surface area contributed by atoms with Crippen LogP contribution in [0.3, 0.4) is 0 Å². The predicted octanol–water partition coefficient (Wildman–Crippen LogP) is 4.43. The van der Waals surface area contributed by atoms with Gasteiger partial charge in [-0.3, -0.25) is 9.59 Å². The van der Waals surface area contributed by atoms with E-state index in [1.807, 2.05) is 31.2 Å². The third-order valence-corrected chi connectivity index (χ3v) is 5.31. The summed E-state index contributed by atoms with van der Waals surface area (Å²) in [7, 11) is 1.64. The maximum absolute atomic E-state index is 13.0. The van der Waals surface area contributed by atoms with Crippen molar-refractivity contribution in [2.75, 3.05) is 18.9 Å². The van der Waals surface area contributed by atoms with Crippen LogP contribution in [0.5, 0.6) is 0 Å². The number of nitrogens with zero attached hydrogens (tertiary/aromatic N) is 1. The van der Waals surface area contributed by atoms with Gasteiger partial charge in [-0.25, -0.2) is 0 Å². The van der Waals surface area contributed by atoms with Crippen LogP contribution in [0, 0.1) is 6.92 Å². The highest BCUT2D eigenvalue weighted by atomic mass is 35.5. The summed E-state index contributed by atoms with van der Waals surface area (Å²) in [4.78, 5) is 26.8. The van der Waals surface area contributed by atoms with Crippen molar-refractivity contribution >= 4 is 40.7 Å². The summed E-state index contributed by atoms with van der Waals surface area (Å²) in [6, 6.07) is 13.0. The summed E-state index contributed by atoms with van der Waals surface area (Å²) >= 11 is 12.1. The van der Waals surface area contributed by atoms with Gasteiger partial charge in [0, 0.05) is 7.05 Å². The summed E-state index contributed by atoms with van der Waals surface area (Å²) in [5, 5.41) is 3.41. The fraction of sp³-hybridized carbons (Fsp3) is 0.300. The van der Waals surface area contributed by atoms with Crippen LogP contribution in [0.4, 0.5) is 5.69 Å². The Bertz CT molecular complexity index is 842. The van der Waals surface area contributed by atoms with Crippen LogP contribution >= 0.6 is 23.2 Å². The molecule has 1 fully saturated rings. The first kappa shape index (κ1) is 18.7. The van der Waals surface area contributed by atoms with E-state index in [4.69, 9.17) is 23.2 Å². The molecule has 2 amide bonds. The summed E-state index contributed by atoms with van der Waals surface area (Å²) < 4.78 is 0. The van der Waals surface area contributed by atoms with E-state index in [9.17, 15) is 9.59 Å². The van der Waals surface area contributed by atoms with Gasteiger partial charge in [0.25, 0.3) is 0 Å². The van der Waals surface area contributed by atoms with Gasteiger partial charge in [0.15, 0.2) is 0 Å². The summed E-state index contributed by atoms with van der Waals surface area (Å²) in [5.41, 5.74) is 2.00. The fourth-order valence-corrected chi connectivity index (χ4v) is 3.63. The number of halogens is 2. The Hall–Kier alpha value is -2.04. The van der Waals surface area contributed by atoms with Crippen LogP contribution in [0.15, 0.2) is 42.5 Å². The van der Waals surface area contributed by atoms with Crippen LogP contribution < -0.4 is 5.32 Å². The number of carbonyl (C=O) groups is 2. The molecule has 0 unspecified atom stereocenters. The quantitative estimate of drug-likeness (QED) is 0.820. The zero-order chi connectivity index (χ0) is 18.9. The average molecular weight is 391 g/mol. The van der Waals surface area contributed by atoms with Crippen LogP contribution in [-0.4, -0.2) is 30.3 Å². The van der Waals surface area contributed by atoms with Gasteiger partial charge in [0.1, 0.15) is 0 Å². The zero-order valence-electron chi connectivity index (χ0n) is 14.7. The molecule has 6 heteroatoms. The van der Waals surface area contributed by atoms with E-state index in [0.717, 1.165) is 24.0 Å². The van der Waals surface area contributed by atoms with Crippen molar-refractivity contribution in [3.05, 3.63) is 63.6 Å². The minimum Gasteiger partial charge on any atom is -0.336 e. The molecule has 0 saturated heterocycles. The van der Waals surface area contributed by atoms with Crippen LogP contribution in [-0.2, 0) is 15.0 Å². The highest BCUT2D eigenvalue weighted by molar-refractivity contribution is 6.39. The fourth-order valence-electron chi connectivity index (χ4n) is 3.14. The lowest BCUT2D eigenvalue weighted by atomic mass is 9.93. The standard InChI is InChI=1S/C20H20Cl2N2O2/c1-13-5-3-6-14(11-13)20(9-10-20)19(26)24(2)12-17(25)23-18-15(21)7-4-8-16(18)22/h3-8,11H,9-10,12H2,1-2H3,(H,23,25). The number of likely N-dealkylation sites (N-methyl/N-ethyl adjacent to an activating group) is 1. The number of para-hydroxylation sites is 1. The summed E-state index contributed by atoms with van der Waals surface area (Å²) in [5.74, 6) is -0.376. The number of rotatable bonds is 5. The lowest BCUT2D eigenvalue weighted by molar-refractivity contribution is -0.135. The largest absolute Gasteiger partial charge is 0.336 e. The van der Waals surface area contributed by atoms with Gasteiger partial charge in [-0.15, -0.1) is 0 Å². The second-order valence-electron chi connectivity index (χ2n) is 6.76. The molecule has 0 spiro atoms. The SMILES string of the molecule is Cc1cccc(C2(C(=O)N(C)CC(=O)Nc3c(Cl)cccc3Cl)CC2)c1. The molecule has 1 N–H and O–H groups in total. The number of nitrogens with one attached hydrogen (secondary N) is 1. The first-order valence-electron chi connectivity index (χ1n) is 8.40. The summed E-state index contributed by atoms with van der Waals surface area (Å²) in [6.07, 6.45) is 1.61. The van der Waals surface area contributed by atoms with Crippen LogP contribution in [0.1, 0.15) is 24.0 Å². The Morgan fingerprint density at radius 1 is 1.12 bits per heavy atom. The van der Waals surface area contributed by atoms with E-state index in [1.54, 1.807) is 25.2 Å². The number of anilines is 1. The summed E-state index contributed by atoms with van der Waals surface area (Å²) in [6.45, 7) is 1.95. The van der Waals surface area contributed by atoms with Crippen molar-refractivity contribution in [2.45, 2.75) is 25.2 Å². The Labute approximate surface area is 163 Å². The van der Waals surface area contributed by atoms with Crippen LogP contribution in [0.2, 0.25) is 10.0 Å². The molecule has 4 nitrogen and oxygen atoms in total. The second-order valence-corrected chi connectivity index (χ2v) is 7.57. The molecule has 0 atom stereocenters. The van der Waals surface area contributed by atoms with Gasteiger partial charge in [-0.2, -0.15) is 0 Å². The van der Waals surface area contributed by atoms with Gasteiger partial charge in [0.2, 0.25) is 11.8 Å². The average Bonchev–Trinajstić information content (AvgIpc) is 3.39. The highest BCUT2D eigenvalue weighted by Gasteiger charge is 2.52. The first-order chi connectivity index (χ1) is 12.3. The monoisotopic (exact) mass is 390 g/mol. The smallest absolute Gasteiger partial charge is 0.244 e. The van der Waals surface area contributed by atoms with Gasteiger partial charge in [-0.1, -0.05) is 59.1 Å². The number of hydrogen-bond acceptors (Lipinski definition) is 2. The molecule has 0 heterocycles. The van der Waals surface area contributed by atoms with Crippen molar-refractivity contribution < 1.29 is 9.59 Å². The van der Waals surface area contributed by atoms with Crippen molar-refractivity contribution in [3.63, 3.8) is 0 Å². The highest BCUT2D eigenvalue weighted by Crippen LogP contribution is 2.49. The van der Waals surface area contributed by atoms with Crippen LogP contribution in [0.25, 0.3) is 0 Å². The predicted molar refractivity (Wildman–Crippen MR) is 105 cm³/mol. The van der Waals surface area contributed by atoms with E-state index in [1.165, 1.54) is 4.90 Å². The molecule has 26 heavy (non-hydrogen) atoms. The van der Waals surface area contributed by atoms with Gasteiger partial charge in [0.05, 0.1) is 27.7 Å². The molecule has 0 bridgehead atoms. The Morgan fingerprint density at radius 2 is 1.73 bits per heavy atom. The van der Waals surface area contributed by atoms with Crippen molar-refractivity contribution in [2.24, 2.45) is 0 Å². The molecule has 1 saturated carbocycles. The van der Waals surface area contributed by atoms with Gasteiger partial charge >= 0.3 is 0 Å². The number of carbonyl (C=O) groups excluding carboxylic acids is 2. The molecule has 0 aromatic heterocycles.